The molecule has 39 heavy (non-hydrogen) atoms. The van der Waals surface area contributed by atoms with E-state index in [9.17, 15) is 19.5 Å². The van der Waals surface area contributed by atoms with Gasteiger partial charge >= 0.3 is 0 Å². The van der Waals surface area contributed by atoms with Gasteiger partial charge in [-0.1, -0.05) is 16.9 Å². The summed E-state index contributed by atoms with van der Waals surface area (Å²) in [6.07, 6.45) is 3.82. The number of thioether (sulfide) groups is 2. The molecular weight excluding hydrogens is 585 g/mol. The number of oxime groups is 1. The Kier molecular flexibility index (Phi) is 7.83. The molecule has 3 aromatic heterocycles. The number of carboxylic acids is 1. The number of pyridine rings is 1. The number of β-lactam (4-membered cyclic amide) rings is 1. The number of carbonyl (C=O) groups excluding carboxylic acids is 3. The van der Waals surface area contributed by atoms with E-state index in [0.29, 0.717) is 9.24 Å². The molecule has 0 saturated carbocycles. The van der Waals surface area contributed by atoms with Crippen molar-refractivity contribution in [3.63, 3.8) is 0 Å². The quantitative estimate of drug-likeness (QED) is 0.145. The van der Waals surface area contributed by atoms with Crippen LogP contribution in [0.3, 0.4) is 0 Å². The number of carbonyl (C=O) groups is 3. The van der Waals surface area contributed by atoms with Gasteiger partial charge in [-0.05, 0) is 6.92 Å². The highest BCUT2D eigenvalue weighted by atomic mass is 32.2. The SMILES string of the molecule is CCO/N=C(/C(=O)NC1C(=O)N2C(C(=O)[O-])=C(Sc3nc(-c4cc[n+](C)cc4)cs3)CS[C@H]12)c1nsc(N)n1. The third-order valence-corrected chi connectivity index (χ3v) is 9.56. The third kappa shape index (κ3) is 5.47. The van der Waals surface area contributed by atoms with E-state index in [2.05, 4.69) is 24.8 Å². The van der Waals surface area contributed by atoms with Gasteiger partial charge in [-0.3, -0.25) is 14.5 Å². The molecule has 0 radical (unpaired) electrons. The van der Waals surface area contributed by atoms with Gasteiger partial charge in [0.1, 0.15) is 25.1 Å². The van der Waals surface area contributed by atoms with Gasteiger partial charge in [-0.15, -0.1) is 23.1 Å². The van der Waals surface area contributed by atoms with Crippen LogP contribution in [0.5, 0.6) is 0 Å². The molecule has 0 bridgehead atoms. The molecule has 17 heteroatoms. The summed E-state index contributed by atoms with van der Waals surface area (Å²) in [6, 6.07) is 2.89. The second-order valence-electron chi connectivity index (χ2n) is 8.09. The van der Waals surface area contributed by atoms with Gasteiger partial charge in [-0.2, -0.15) is 9.36 Å². The number of aromatic nitrogens is 4. The average molecular weight is 605 g/mol. The molecule has 0 aromatic carbocycles. The third-order valence-electron chi connectivity index (χ3n) is 5.53. The molecule has 2 atom stereocenters. The minimum atomic E-state index is -1.48. The molecule has 3 aromatic rings. The number of aliphatic carboxylic acids is 1. The van der Waals surface area contributed by atoms with Crippen LogP contribution in [0.1, 0.15) is 12.7 Å². The summed E-state index contributed by atoms with van der Waals surface area (Å²) >= 11 is 4.77. The maximum atomic E-state index is 13.1. The van der Waals surface area contributed by atoms with Gasteiger partial charge in [-0.25, -0.2) is 9.55 Å². The number of nitrogens with one attached hydrogen (secondary N) is 1. The summed E-state index contributed by atoms with van der Waals surface area (Å²) < 4.78 is 6.53. The van der Waals surface area contributed by atoms with Crippen LogP contribution in [0, 0.1) is 0 Å². The molecule has 2 aliphatic rings. The topological polar surface area (TPSA) is 180 Å². The molecule has 202 valence electrons. The smallest absolute Gasteiger partial charge is 0.278 e. The van der Waals surface area contributed by atoms with Crippen molar-refractivity contribution in [3.8, 4) is 11.3 Å². The lowest BCUT2D eigenvalue weighted by molar-refractivity contribution is -0.671. The second kappa shape index (κ2) is 11.3. The average Bonchev–Trinajstić information content (AvgIpc) is 3.56. The van der Waals surface area contributed by atoms with Gasteiger partial charge in [0.2, 0.25) is 11.5 Å². The van der Waals surface area contributed by atoms with Gasteiger partial charge in [0.15, 0.2) is 21.9 Å². The Morgan fingerprint density at radius 3 is 2.79 bits per heavy atom. The Balaban J connectivity index is 1.32. The molecule has 1 fully saturated rings. The first-order valence-electron chi connectivity index (χ1n) is 11.4. The first kappa shape index (κ1) is 27.0. The summed E-state index contributed by atoms with van der Waals surface area (Å²) in [5.41, 5.74) is 6.86. The lowest BCUT2D eigenvalue weighted by Gasteiger charge is -2.50. The molecule has 0 aliphatic carbocycles. The van der Waals surface area contributed by atoms with E-state index in [1.165, 1.54) is 34.9 Å². The molecule has 5 heterocycles. The number of anilines is 1. The molecule has 13 nitrogen and oxygen atoms in total. The molecule has 1 unspecified atom stereocenters. The Labute approximate surface area is 238 Å². The number of nitrogen functional groups attached to an aromatic ring is 1. The first-order chi connectivity index (χ1) is 18.8. The van der Waals surface area contributed by atoms with E-state index in [1.54, 1.807) is 6.92 Å². The van der Waals surface area contributed by atoms with Crippen molar-refractivity contribution in [2.45, 2.75) is 22.7 Å². The number of hydrogen-bond acceptors (Lipinski definition) is 14. The number of nitrogens with zero attached hydrogens (tertiary/aromatic N) is 6. The number of aryl methyl sites for hydroxylation is 1. The minimum Gasteiger partial charge on any atom is -0.543 e. The van der Waals surface area contributed by atoms with Crippen LogP contribution in [0.2, 0.25) is 0 Å². The van der Waals surface area contributed by atoms with Crippen molar-refractivity contribution >= 4 is 75.0 Å². The predicted octanol–water partition coefficient (Wildman–Crippen LogP) is -0.0374. The monoisotopic (exact) mass is 604 g/mol. The maximum absolute atomic E-state index is 13.1. The number of nitrogens with two attached hydrogens (primary N) is 1. The highest BCUT2D eigenvalue weighted by Crippen LogP contribution is 2.45. The Hall–Kier alpha value is -3.54. The van der Waals surface area contributed by atoms with Crippen LogP contribution < -0.4 is 20.7 Å². The highest BCUT2D eigenvalue weighted by Gasteiger charge is 2.53. The van der Waals surface area contributed by atoms with Crippen molar-refractivity contribution in [2.75, 3.05) is 18.1 Å². The van der Waals surface area contributed by atoms with E-state index < -0.39 is 29.2 Å². The molecular formula is C22H20N8O5S4. The van der Waals surface area contributed by atoms with Gasteiger partial charge in [0.25, 0.3) is 11.8 Å². The fourth-order valence-electron chi connectivity index (χ4n) is 3.73. The lowest BCUT2D eigenvalue weighted by Crippen LogP contribution is -2.71. The van der Waals surface area contributed by atoms with Crippen LogP contribution in [0.4, 0.5) is 5.13 Å². The minimum absolute atomic E-state index is 0.0374. The Morgan fingerprint density at radius 2 is 2.13 bits per heavy atom. The number of fused-ring (bicyclic) bond motifs is 1. The number of rotatable bonds is 9. The largest absolute Gasteiger partial charge is 0.543 e. The van der Waals surface area contributed by atoms with Crippen LogP contribution in [-0.2, 0) is 26.3 Å². The second-order valence-corrected chi connectivity index (χ2v) is 12.2. The lowest BCUT2D eigenvalue weighted by atomic mass is 10.0. The summed E-state index contributed by atoms with van der Waals surface area (Å²) in [7, 11) is 1.92. The zero-order chi connectivity index (χ0) is 27.7. The van der Waals surface area contributed by atoms with Crippen molar-refractivity contribution in [3.05, 3.63) is 46.3 Å². The van der Waals surface area contributed by atoms with Crippen LogP contribution in [0.25, 0.3) is 11.3 Å². The maximum Gasteiger partial charge on any atom is 0.278 e. The number of carboxylic acid groups (broad SMARTS) is 1. The van der Waals surface area contributed by atoms with E-state index in [-0.39, 0.29) is 34.7 Å². The number of hydrogen-bond donors (Lipinski definition) is 2. The van der Waals surface area contributed by atoms with Crippen LogP contribution >= 0.6 is 46.4 Å². The zero-order valence-electron chi connectivity index (χ0n) is 20.4. The van der Waals surface area contributed by atoms with Crippen molar-refractivity contribution < 1.29 is 28.9 Å². The molecule has 3 N–H and O–H groups in total. The van der Waals surface area contributed by atoms with Crippen molar-refractivity contribution in [1.29, 1.82) is 0 Å². The zero-order valence-corrected chi connectivity index (χ0v) is 23.7. The predicted molar refractivity (Wildman–Crippen MR) is 144 cm³/mol. The van der Waals surface area contributed by atoms with Gasteiger partial charge in [0.05, 0.1) is 17.4 Å². The normalized spacial score (nSPS) is 19.0. The number of amides is 2. The fraction of sp³-hybridized carbons (Fsp3) is 0.273. The Morgan fingerprint density at radius 1 is 1.36 bits per heavy atom. The van der Waals surface area contributed by atoms with Crippen molar-refractivity contribution in [2.24, 2.45) is 12.2 Å². The molecule has 1 saturated heterocycles. The van der Waals surface area contributed by atoms with Crippen LogP contribution in [-0.4, -0.2) is 66.5 Å². The fourth-order valence-corrected chi connectivity index (χ4v) is 7.62. The summed E-state index contributed by atoms with van der Waals surface area (Å²) in [5, 5.41) is 19.9. The van der Waals surface area contributed by atoms with Crippen LogP contribution in [0.15, 0.2) is 50.0 Å². The molecule has 2 amide bonds. The first-order valence-corrected chi connectivity index (χ1v) is 14.9. The summed E-state index contributed by atoms with van der Waals surface area (Å²) in [4.78, 5) is 53.3. The highest BCUT2D eigenvalue weighted by molar-refractivity contribution is 8.07. The Bertz CT molecular complexity index is 1500. The molecule has 0 spiro atoms. The molecule has 5 rings (SSSR count). The van der Waals surface area contributed by atoms with E-state index in [1.807, 2.05) is 41.5 Å². The molecule has 2 aliphatic heterocycles. The summed E-state index contributed by atoms with van der Waals surface area (Å²) in [6.45, 7) is 1.88. The standard InChI is InChI=1S/C22H20N8O5S4/c1-3-35-27-13(16-26-21(23)39-28-16)17(31)25-14-18(32)30-15(20(33)34)12(9-36-19(14)30)38-22-24-11(8-37-22)10-4-6-29(2)7-5-10/h4-8,14,19H,3,9H2,1-2H3,(H3-,23,25,26,28,31,33,34)/b27-13+/t14?,19-/m1/s1. The van der Waals surface area contributed by atoms with Crippen molar-refractivity contribution in [1.82, 2.24) is 24.6 Å². The summed E-state index contributed by atoms with van der Waals surface area (Å²) in [5.74, 6) is -2.56. The number of thiazole rings is 1. The van der Waals surface area contributed by atoms with Gasteiger partial charge in [0, 0.05) is 45.3 Å². The van der Waals surface area contributed by atoms with E-state index >= 15 is 0 Å². The van der Waals surface area contributed by atoms with Gasteiger partial charge < -0.3 is 25.8 Å². The van der Waals surface area contributed by atoms with E-state index in [0.717, 1.165) is 27.7 Å². The van der Waals surface area contributed by atoms with E-state index in [4.69, 9.17) is 10.6 Å².